The molecule has 0 aliphatic carbocycles. The monoisotopic (exact) mass is 323 g/mol. The number of methoxy groups -OCH3 is 1. The molecule has 0 aromatic heterocycles. The zero-order chi connectivity index (χ0) is 17.6. The van der Waals surface area contributed by atoms with E-state index >= 15 is 0 Å². The number of likely N-dealkylation sites (N-methyl/N-ethyl adjacent to an activating group) is 1. The standard InChI is InChI=1S/C16H21NO6/c1-10(18)12-6-7-13(14(8-12)21-5)22-9-15(19)23-11(2)16(20)17(3)4/h6-8,11H,9H2,1-5H3/t11-/m1/s1. The van der Waals surface area contributed by atoms with Crippen LogP contribution in [0.25, 0.3) is 0 Å². The lowest BCUT2D eigenvalue weighted by atomic mass is 10.1. The highest BCUT2D eigenvalue weighted by molar-refractivity contribution is 5.94. The fourth-order valence-corrected chi connectivity index (χ4v) is 1.79. The van der Waals surface area contributed by atoms with Gasteiger partial charge in [-0.3, -0.25) is 9.59 Å². The fourth-order valence-electron chi connectivity index (χ4n) is 1.79. The van der Waals surface area contributed by atoms with Crippen molar-refractivity contribution in [1.29, 1.82) is 0 Å². The topological polar surface area (TPSA) is 82.1 Å². The summed E-state index contributed by atoms with van der Waals surface area (Å²) in [5, 5.41) is 0. The van der Waals surface area contributed by atoms with Crippen LogP contribution in [0.5, 0.6) is 11.5 Å². The molecule has 0 saturated carbocycles. The molecule has 0 heterocycles. The van der Waals surface area contributed by atoms with Gasteiger partial charge in [0, 0.05) is 19.7 Å². The Morgan fingerprint density at radius 2 is 1.83 bits per heavy atom. The van der Waals surface area contributed by atoms with Gasteiger partial charge in [0.05, 0.1) is 7.11 Å². The maximum absolute atomic E-state index is 11.7. The average molecular weight is 323 g/mol. The highest BCUT2D eigenvalue weighted by Crippen LogP contribution is 2.28. The van der Waals surface area contributed by atoms with E-state index in [4.69, 9.17) is 14.2 Å². The van der Waals surface area contributed by atoms with Crippen LogP contribution in [-0.2, 0) is 14.3 Å². The normalized spacial score (nSPS) is 11.3. The highest BCUT2D eigenvalue weighted by atomic mass is 16.6. The van der Waals surface area contributed by atoms with Crippen LogP contribution in [0.1, 0.15) is 24.2 Å². The van der Waals surface area contributed by atoms with Crippen molar-refractivity contribution in [2.45, 2.75) is 20.0 Å². The molecule has 0 spiro atoms. The van der Waals surface area contributed by atoms with Crippen molar-refractivity contribution < 1.29 is 28.6 Å². The first-order chi connectivity index (χ1) is 10.8. The van der Waals surface area contributed by atoms with E-state index in [-0.39, 0.29) is 18.3 Å². The van der Waals surface area contributed by atoms with E-state index in [0.29, 0.717) is 17.1 Å². The Morgan fingerprint density at radius 1 is 1.17 bits per heavy atom. The summed E-state index contributed by atoms with van der Waals surface area (Å²) in [6.45, 7) is 2.55. The van der Waals surface area contributed by atoms with Gasteiger partial charge in [-0.05, 0) is 32.0 Å². The minimum Gasteiger partial charge on any atom is -0.493 e. The van der Waals surface area contributed by atoms with Crippen LogP contribution in [0.2, 0.25) is 0 Å². The number of Topliss-reactive ketones (excluding diaryl/α,β-unsaturated/α-hetero) is 1. The third-order valence-corrected chi connectivity index (χ3v) is 3.01. The van der Waals surface area contributed by atoms with Crippen molar-refractivity contribution in [1.82, 2.24) is 4.90 Å². The van der Waals surface area contributed by atoms with Gasteiger partial charge in [0.15, 0.2) is 30.0 Å². The zero-order valence-electron chi connectivity index (χ0n) is 13.9. The second kappa shape index (κ2) is 8.17. The molecule has 0 saturated heterocycles. The number of esters is 1. The Kier molecular flexibility index (Phi) is 6.56. The first kappa shape index (κ1) is 18.5. The van der Waals surface area contributed by atoms with Crippen molar-refractivity contribution in [3.63, 3.8) is 0 Å². The molecule has 1 rings (SSSR count). The predicted octanol–water partition coefficient (Wildman–Crippen LogP) is 1.30. The zero-order valence-corrected chi connectivity index (χ0v) is 13.9. The van der Waals surface area contributed by atoms with Gasteiger partial charge in [0.25, 0.3) is 5.91 Å². The van der Waals surface area contributed by atoms with Gasteiger partial charge in [0.2, 0.25) is 0 Å². The Balaban J connectivity index is 2.66. The van der Waals surface area contributed by atoms with Gasteiger partial charge < -0.3 is 19.1 Å². The molecule has 1 amide bonds. The molecule has 0 N–H and O–H groups in total. The van der Waals surface area contributed by atoms with Crippen molar-refractivity contribution in [3.05, 3.63) is 23.8 Å². The molecular formula is C16H21NO6. The maximum atomic E-state index is 11.7. The van der Waals surface area contributed by atoms with E-state index in [1.165, 1.54) is 38.0 Å². The number of hydrogen-bond donors (Lipinski definition) is 0. The molecule has 0 aliphatic rings. The van der Waals surface area contributed by atoms with E-state index < -0.39 is 12.1 Å². The van der Waals surface area contributed by atoms with Gasteiger partial charge in [0.1, 0.15) is 0 Å². The van der Waals surface area contributed by atoms with E-state index in [0.717, 1.165) is 0 Å². The summed E-state index contributed by atoms with van der Waals surface area (Å²) in [7, 11) is 4.58. The fraction of sp³-hybridized carbons (Fsp3) is 0.438. The van der Waals surface area contributed by atoms with Gasteiger partial charge in [-0.15, -0.1) is 0 Å². The summed E-state index contributed by atoms with van der Waals surface area (Å²) < 4.78 is 15.4. The Bertz CT molecular complexity index is 596. The highest BCUT2D eigenvalue weighted by Gasteiger charge is 2.20. The molecule has 0 bridgehead atoms. The molecule has 7 heteroatoms. The molecule has 23 heavy (non-hydrogen) atoms. The molecule has 1 atom stereocenters. The van der Waals surface area contributed by atoms with Crippen molar-refractivity contribution >= 4 is 17.7 Å². The summed E-state index contributed by atoms with van der Waals surface area (Å²) in [6.07, 6.45) is -0.886. The molecule has 0 fully saturated rings. The van der Waals surface area contributed by atoms with E-state index in [2.05, 4.69) is 0 Å². The van der Waals surface area contributed by atoms with Crippen molar-refractivity contribution in [2.24, 2.45) is 0 Å². The van der Waals surface area contributed by atoms with E-state index in [1.807, 2.05) is 0 Å². The SMILES string of the molecule is COc1cc(C(C)=O)ccc1OCC(=O)O[C@H](C)C(=O)N(C)C. The largest absolute Gasteiger partial charge is 0.493 e. The van der Waals surface area contributed by atoms with Gasteiger partial charge >= 0.3 is 5.97 Å². The summed E-state index contributed by atoms with van der Waals surface area (Å²) in [6, 6.07) is 4.64. The van der Waals surface area contributed by atoms with Crippen molar-refractivity contribution in [3.8, 4) is 11.5 Å². The molecule has 0 unspecified atom stereocenters. The molecule has 0 aliphatic heterocycles. The van der Waals surface area contributed by atoms with Crippen LogP contribution in [-0.4, -0.2) is 56.5 Å². The van der Waals surface area contributed by atoms with Gasteiger partial charge in [-0.1, -0.05) is 0 Å². The Hall–Kier alpha value is -2.57. The summed E-state index contributed by atoms with van der Waals surface area (Å²) in [5.74, 6) is -0.457. The third kappa shape index (κ3) is 5.28. The van der Waals surface area contributed by atoms with E-state index in [9.17, 15) is 14.4 Å². The third-order valence-electron chi connectivity index (χ3n) is 3.01. The van der Waals surface area contributed by atoms with Crippen LogP contribution in [0.4, 0.5) is 0 Å². The van der Waals surface area contributed by atoms with Crippen LogP contribution in [0.15, 0.2) is 18.2 Å². The molecule has 1 aromatic rings. The molecule has 7 nitrogen and oxygen atoms in total. The molecule has 126 valence electrons. The molecule has 0 radical (unpaired) electrons. The predicted molar refractivity (Wildman–Crippen MR) is 82.7 cm³/mol. The number of rotatable bonds is 7. The Morgan fingerprint density at radius 3 is 2.35 bits per heavy atom. The number of carbonyl (C=O) groups excluding carboxylic acids is 3. The summed E-state index contributed by atoms with van der Waals surface area (Å²) >= 11 is 0. The number of carbonyl (C=O) groups is 3. The second-order valence-corrected chi connectivity index (χ2v) is 5.08. The maximum Gasteiger partial charge on any atom is 0.344 e. The number of benzene rings is 1. The lowest BCUT2D eigenvalue weighted by Crippen LogP contribution is -2.35. The minimum absolute atomic E-state index is 0.106. The quantitative estimate of drug-likeness (QED) is 0.555. The molecular weight excluding hydrogens is 302 g/mol. The summed E-state index contributed by atoms with van der Waals surface area (Å²) in [4.78, 5) is 36.0. The lowest BCUT2D eigenvalue weighted by Gasteiger charge is -2.17. The van der Waals surface area contributed by atoms with Gasteiger partial charge in [-0.25, -0.2) is 4.79 Å². The smallest absolute Gasteiger partial charge is 0.344 e. The summed E-state index contributed by atoms with van der Waals surface area (Å²) in [5.41, 5.74) is 0.474. The number of amides is 1. The lowest BCUT2D eigenvalue weighted by molar-refractivity contribution is -0.159. The number of nitrogens with zero attached hydrogens (tertiary/aromatic N) is 1. The minimum atomic E-state index is -0.886. The first-order valence-corrected chi connectivity index (χ1v) is 6.98. The van der Waals surface area contributed by atoms with Crippen LogP contribution in [0.3, 0.4) is 0 Å². The van der Waals surface area contributed by atoms with Gasteiger partial charge in [-0.2, -0.15) is 0 Å². The van der Waals surface area contributed by atoms with Crippen LogP contribution in [0, 0.1) is 0 Å². The van der Waals surface area contributed by atoms with Crippen LogP contribution < -0.4 is 9.47 Å². The second-order valence-electron chi connectivity index (χ2n) is 5.08. The number of ether oxygens (including phenoxy) is 3. The van der Waals surface area contributed by atoms with Crippen LogP contribution >= 0.6 is 0 Å². The van der Waals surface area contributed by atoms with Crippen molar-refractivity contribution in [2.75, 3.05) is 27.8 Å². The average Bonchev–Trinajstić information content (AvgIpc) is 2.51. The van der Waals surface area contributed by atoms with E-state index in [1.54, 1.807) is 20.2 Å². The number of hydrogen-bond acceptors (Lipinski definition) is 6. The first-order valence-electron chi connectivity index (χ1n) is 6.98. The molecule has 1 aromatic carbocycles. The Labute approximate surface area is 135 Å². The number of ketones is 1.